The zero-order chi connectivity index (χ0) is 46.7. The number of benzene rings is 10. The number of furan rings is 2. The van der Waals surface area contributed by atoms with E-state index in [1.807, 2.05) is 78.9 Å². The lowest BCUT2D eigenvalue weighted by molar-refractivity contribution is 0.666. The van der Waals surface area contributed by atoms with Crippen molar-refractivity contribution in [1.29, 1.82) is 0 Å². The van der Waals surface area contributed by atoms with Crippen LogP contribution < -0.4 is 0 Å². The lowest BCUT2D eigenvalue weighted by atomic mass is 9.98. The molecule has 7 nitrogen and oxygen atoms in total. The third-order valence-electron chi connectivity index (χ3n) is 14.3. The Balaban J connectivity index is 1.05. The van der Waals surface area contributed by atoms with Gasteiger partial charge in [0.2, 0.25) is 0 Å². The molecule has 7 heteroatoms. The number of rotatable bonds is 6. The second-order valence-corrected chi connectivity index (χ2v) is 18.3. The number of fused-ring (bicyclic) bond motifs is 13. The van der Waals surface area contributed by atoms with Gasteiger partial charge >= 0.3 is 0 Å². The first kappa shape index (κ1) is 39.4. The maximum absolute atomic E-state index is 7.13. The van der Waals surface area contributed by atoms with E-state index in [2.05, 4.69) is 156 Å². The third-order valence-corrected chi connectivity index (χ3v) is 14.3. The minimum atomic E-state index is 0.586. The Bertz CT molecular complexity index is 4580. The van der Waals surface area contributed by atoms with Crippen molar-refractivity contribution in [3.05, 3.63) is 224 Å². The number of aryl methyl sites for hydroxylation is 1. The monoisotopic (exact) mass is 909 g/mol. The van der Waals surface area contributed by atoms with Crippen LogP contribution in [-0.4, -0.2) is 24.1 Å². The number of para-hydroxylation sites is 4. The average Bonchev–Trinajstić information content (AvgIpc) is 4.19. The Kier molecular flexibility index (Phi) is 8.44. The normalized spacial score (nSPS) is 12.0. The van der Waals surface area contributed by atoms with Crippen molar-refractivity contribution in [3.63, 3.8) is 0 Å². The molecule has 0 bridgehead atoms. The number of hydrogen-bond donors (Lipinski definition) is 0. The first-order valence-electron chi connectivity index (χ1n) is 23.9. The number of hydrogen-bond acceptors (Lipinski definition) is 5. The molecule has 0 N–H and O–H groups in total. The van der Waals surface area contributed by atoms with E-state index in [0.717, 1.165) is 116 Å². The van der Waals surface area contributed by atoms with Gasteiger partial charge in [-0.3, -0.25) is 0 Å². The van der Waals surface area contributed by atoms with Crippen LogP contribution >= 0.6 is 0 Å². The van der Waals surface area contributed by atoms with Crippen LogP contribution in [0.2, 0.25) is 0 Å². The molecule has 0 radical (unpaired) electrons. The molecule has 0 aliphatic rings. The quantitative estimate of drug-likeness (QED) is 0.166. The van der Waals surface area contributed by atoms with E-state index >= 15 is 0 Å². The van der Waals surface area contributed by atoms with E-state index in [1.54, 1.807) is 0 Å². The van der Waals surface area contributed by atoms with Crippen LogP contribution in [0, 0.1) is 6.92 Å². The molecule has 10 aromatic carbocycles. The van der Waals surface area contributed by atoms with E-state index in [1.165, 1.54) is 16.2 Å². The topological polar surface area (TPSA) is 74.8 Å². The summed E-state index contributed by atoms with van der Waals surface area (Å²) in [4.78, 5) is 15.6. The highest BCUT2D eigenvalue weighted by Crippen LogP contribution is 2.47. The fraction of sp³-hybridized carbons (Fsp3) is 0.0156. The molecule has 0 atom stereocenters. The summed E-state index contributed by atoms with van der Waals surface area (Å²) in [6, 6.07) is 76.6. The Morgan fingerprint density at radius 2 is 0.845 bits per heavy atom. The molecule has 0 aliphatic carbocycles. The van der Waals surface area contributed by atoms with Crippen molar-refractivity contribution in [2.75, 3.05) is 0 Å². The maximum atomic E-state index is 7.13. The van der Waals surface area contributed by atoms with Gasteiger partial charge < -0.3 is 18.0 Å². The van der Waals surface area contributed by atoms with E-state index in [0.29, 0.717) is 17.5 Å². The summed E-state index contributed by atoms with van der Waals surface area (Å²) in [5.41, 5.74) is 15.8. The second-order valence-electron chi connectivity index (χ2n) is 18.3. The van der Waals surface area contributed by atoms with Gasteiger partial charge in [0, 0.05) is 65.5 Å². The molecule has 0 saturated carbocycles. The van der Waals surface area contributed by atoms with E-state index < -0.39 is 0 Å². The van der Waals surface area contributed by atoms with Crippen molar-refractivity contribution in [2.45, 2.75) is 6.92 Å². The SMILES string of the molecule is Cc1cc(-n2c3ccc(-c4ccc5oc6ccccc6c5c4)cc3c3c4c5ccccc5n(-c5ccccc5)c4ccc32)c2oc3ccccc3c2c1-c1nc(-c2ccccc2)nc(-c2ccccc2)n1. The first-order chi connectivity index (χ1) is 35.1. The molecule has 71 heavy (non-hydrogen) atoms. The second kappa shape index (κ2) is 15.2. The molecular formula is C64H39N5O2. The molecule has 0 fully saturated rings. The van der Waals surface area contributed by atoms with Gasteiger partial charge in [0.05, 0.1) is 27.8 Å². The summed E-state index contributed by atoms with van der Waals surface area (Å²) < 4.78 is 18.2. The summed E-state index contributed by atoms with van der Waals surface area (Å²) >= 11 is 0. The summed E-state index contributed by atoms with van der Waals surface area (Å²) in [7, 11) is 0. The highest BCUT2D eigenvalue weighted by Gasteiger charge is 2.27. The summed E-state index contributed by atoms with van der Waals surface area (Å²) in [6.07, 6.45) is 0. The smallest absolute Gasteiger partial charge is 0.165 e. The van der Waals surface area contributed by atoms with Crippen LogP contribution in [0.25, 0.3) is 144 Å². The van der Waals surface area contributed by atoms with Crippen molar-refractivity contribution in [1.82, 2.24) is 24.1 Å². The number of aromatic nitrogens is 5. The average molecular weight is 910 g/mol. The Hall–Kier alpha value is -9.59. The van der Waals surface area contributed by atoms with Gasteiger partial charge in [0.25, 0.3) is 0 Å². The van der Waals surface area contributed by atoms with Gasteiger partial charge in [0.1, 0.15) is 16.7 Å². The van der Waals surface area contributed by atoms with Crippen LogP contribution in [0.5, 0.6) is 0 Å². The predicted octanol–water partition coefficient (Wildman–Crippen LogP) is 16.8. The van der Waals surface area contributed by atoms with Crippen molar-refractivity contribution >= 4 is 87.5 Å². The van der Waals surface area contributed by atoms with E-state index in [9.17, 15) is 0 Å². The third kappa shape index (κ3) is 5.93. The van der Waals surface area contributed by atoms with Gasteiger partial charge in [-0.25, -0.2) is 15.0 Å². The zero-order valence-electron chi connectivity index (χ0n) is 38.3. The van der Waals surface area contributed by atoms with Gasteiger partial charge in [0.15, 0.2) is 23.1 Å². The Morgan fingerprint density at radius 3 is 1.56 bits per heavy atom. The van der Waals surface area contributed by atoms with E-state index in [4.69, 9.17) is 23.8 Å². The van der Waals surface area contributed by atoms with Crippen LogP contribution in [0.3, 0.4) is 0 Å². The Morgan fingerprint density at radius 1 is 0.338 bits per heavy atom. The van der Waals surface area contributed by atoms with E-state index in [-0.39, 0.29) is 0 Å². The summed E-state index contributed by atoms with van der Waals surface area (Å²) in [5, 5.41) is 8.84. The predicted molar refractivity (Wildman–Crippen MR) is 290 cm³/mol. The summed E-state index contributed by atoms with van der Waals surface area (Å²) in [6.45, 7) is 2.17. The molecule has 0 amide bonds. The molecule has 15 rings (SSSR count). The highest BCUT2D eigenvalue weighted by molar-refractivity contribution is 6.30. The molecule has 15 aromatic rings. The van der Waals surface area contributed by atoms with Crippen LogP contribution in [0.1, 0.15) is 5.56 Å². The van der Waals surface area contributed by atoms with Gasteiger partial charge in [-0.05, 0) is 96.4 Å². The highest BCUT2D eigenvalue weighted by atomic mass is 16.3. The van der Waals surface area contributed by atoms with Gasteiger partial charge in [-0.2, -0.15) is 0 Å². The summed E-state index contributed by atoms with van der Waals surface area (Å²) in [5.74, 6) is 1.80. The van der Waals surface area contributed by atoms with Gasteiger partial charge in [-0.15, -0.1) is 0 Å². The molecule has 0 aliphatic heterocycles. The fourth-order valence-electron chi connectivity index (χ4n) is 11.2. The lowest BCUT2D eigenvalue weighted by Crippen LogP contribution is -2.03. The zero-order valence-corrected chi connectivity index (χ0v) is 38.3. The molecular weight excluding hydrogens is 871 g/mol. The van der Waals surface area contributed by atoms with Crippen molar-refractivity contribution in [2.24, 2.45) is 0 Å². The minimum Gasteiger partial charge on any atom is -0.456 e. The van der Waals surface area contributed by atoms with Crippen molar-refractivity contribution in [3.8, 4) is 56.7 Å². The van der Waals surface area contributed by atoms with Crippen LogP contribution in [0.15, 0.2) is 227 Å². The molecule has 5 heterocycles. The minimum absolute atomic E-state index is 0.586. The fourth-order valence-corrected chi connectivity index (χ4v) is 11.2. The lowest BCUT2D eigenvalue weighted by Gasteiger charge is -2.15. The number of nitrogens with zero attached hydrogens (tertiary/aromatic N) is 5. The Labute approximate surface area is 406 Å². The molecule has 0 unspecified atom stereocenters. The maximum Gasteiger partial charge on any atom is 0.165 e. The van der Waals surface area contributed by atoms with Crippen molar-refractivity contribution < 1.29 is 8.83 Å². The largest absolute Gasteiger partial charge is 0.456 e. The molecule has 332 valence electrons. The van der Waals surface area contributed by atoms with Crippen LogP contribution in [-0.2, 0) is 0 Å². The van der Waals surface area contributed by atoms with Gasteiger partial charge in [-0.1, -0.05) is 146 Å². The molecule has 0 saturated heterocycles. The first-order valence-corrected chi connectivity index (χ1v) is 23.9. The molecule has 5 aromatic heterocycles. The van der Waals surface area contributed by atoms with Crippen LogP contribution in [0.4, 0.5) is 0 Å². The standard InChI is InChI=1S/C64H39N5O2/c1-38-35-53(61-60(46-25-13-16-28-55(46)71-61)57(38)64-66-62(39-17-5-2-6-18-39)65-63(67-64)40-19-7-3-8-20-40)69-50-31-29-41(42-30-34-56-47(36-42)44-23-12-15-27-54(44)70-56)37-48(50)59-52(69)33-32-51-58(59)45-24-11-14-26-49(45)68(51)43-21-9-4-10-22-43/h2-37H,1H3. The molecule has 0 spiro atoms.